The Morgan fingerprint density at radius 3 is 2.36 bits per heavy atom. The molecule has 2 rings (SSSR count). The highest BCUT2D eigenvalue weighted by Crippen LogP contribution is 2.11. The third-order valence-corrected chi connectivity index (χ3v) is 6.22. The molecule has 22 heavy (non-hydrogen) atoms. The Morgan fingerprint density at radius 1 is 1.18 bits per heavy atom. The van der Waals surface area contributed by atoms with Crippen LogP contribution < -0.4 is 5.32 Å². The molecule has 0 aromatic rings. The molecular weight excluding hydrogens is 302 g/mol. The van der Waals surface area contributed by atoms with E-state index in [1.807, 2.05) is 0 Å². The van der Waals surface area contributed by atoms with Crippen molar-refractivity contribution < 1.29 is 13.2 Å². The molecule has 2 fully saturated rings. The van der Waals surface area contributed by atoms with Crippen molar-refractivity contribution in [3.63, 3.8) is 0 Å². The average molecular weight is 331 g/mol. The van der Waals surface area contributed by atoms with Crippen molar-refractivity contribution in [2.24, 2.45) is 5.92 Å². The fraction of sp³-hybridized carbons (Fsp3) is 0.933. The van der Waals surface area contributed by atoms with Crippen LogP contribution in [-0.4, -0.2) is 80.9 Å². The van der Waals surface area contributed by atoms with Crippen LogP contribution in [0.1, 0.15) is 26.7 Å². The number of amides is 1. The van der Waals surface area contributed by atoms with E-state index in [9.17, 15) is 13.2 Å². The van der Waals surface area contributed by atoms with Crippen LogP contribution in [0.3, 0.4) is 0 Å². The van der Waals surface area contributed by atoms with Crippen molar-refractivity contribution in [1.29, 1.82) is 0 Å². The minimum Gasteiger partial charge on any atom is -0.351 e. The van der Waals surface area contributed by atoms with Crippen molar-refractivity contribution >= 4 is 15.7 Å². The Hall–Kier alpha value is -0.660. The second-order valence-electron chi connectivity index (χ2n) is 6.97. The number of nitrogens with one attached hydrogen (secondary N) is 1. The van der Waals surface area contributed by atoms with Gasteiger partial charge in [-0.25, -0.2) is 8.42 Å². The van der Waals surface area contributed by atoms with Crippen LogP contribution in [0.2, 0.25) is 0 Å². The maximum Gasteiger partial charge on any atom is 0.234 e. The number of hydrogen-bond acceptors (Lipinski definition) is 5. The molecule has 6 nitrogen and oxygen atoms in total. The standard InChI is InChI=1S/C15H29N3O3S/c1-13(2)3-5-17-6-8-18(9-7-17)11-15(19)16-14-4-10-22(20,21)12-14/h13-14H,3-12H2,1-2H3,(H,16,19)/t14-/m1/s1. The zero-order valence-corrected chi connectivity index (χ0v) is 14.6. The molecule has 1 atom stereocenters. The lowest BCUT2D eigenvalue weighted by Crippen LogP contribution is -2.50. The van der Waals surface area contributed by atoms with Gasteiger partial charge in [0.2, 0.25) is 5.91 Å². The maximum absolute atomic E-state index is 12.0. The Balaban J connectivity index is 1.64. The summed E-state index contributed by atoms with van der Waals surface area (Å²) in [6, 6.07) is -0.190. The van der Waals surface area contributed by atoms with Crippen LogP contribution in [0.15, 0.2) is 0 Å². The van der Waals surface area contributed by atoms with Crippen LogP contribution in [0.5, 0.6) is 0 Å². The molecule has 7 heteroatoms. The van der Waals surface area contributed by atoms with Crippen LogP contribution in [0.25, 0.3) is 0 Å². The van der Waals surface area contributed by atoms with Crippen LogP contribution in [0, 0.1) is 5.92 Å². The molecule has 0 spiro atoms. The van der Waals surface area contributed by atoms with Gasteiger partial charge < -0.3 is 10.2 Å². The number of piperazine rings is 1. The van der Waals surface area contributed by atoms with Gasteiger partial charge >= 0.3 is 0 Å². The fourth-order valence-electron chi connectivity index (χ4n) is 3.00. The number of carbonyl (C=O) groups excluding carboxylic acids is 1. The van der Waals surface area contributed by atoms with E-state index in [4.69, 9.17) is 0 Å². The lowest BCUT2D eigenvalue weighted by molar-refractivity contribution is -0.123. The zero-order chi connectivity index (χ0) is 16.2. The number of hydrogen-bond donors (Lipinski definition) is 1. The van der Waals surface area contributed by atoms with Crippen molar-refractivity contribution in [2.75, 3.05) is 50.8 Å². The second-order valence-corrected chi connectivity index (χ2v) is 9.20. The number of sulfone groups is 1. The average Bonchev–Trinajstić information content (AvgIpc) is 2.77. The van der Waals surface area contributed by atoms with Crippen molar-refractivity contribution in [1.82, 2.24) is 15.1 Å². The molecular formula is C15H29N3O3S. The summed E-state index contributed by atoms with van der Waals surface area (Å²) in [5, 5.41) is 2.86. The molecule has 0 aromatic carbocycles. The quantitative estimate of drug-likeness (QED) is 0.739. The molecule has 1 N–H and O–H groups in total. The minimum atomic E-state index is -2.93. The van der Waals surface area contributed by atoms with E-state index >= 15 is 0 Å². The summed E-state index contributed by atoms with van der Waals surface area (Å²) in [7, 11) is -2.93. The summed E-state index contributed by atoms with van der Waals surface area (Å²) in [5.41, 5.74) is 0. The lowest BCUT2D eigenvalue weighted by Gasteiger charge is -2.34. The number of nitrogens with zero attached hydrogens (tertiary/aromatic N) is 2. The highest BCUT2D eigenvalue weighted by Gasteiger charge is 2.29. The number of rotatable bonds is 6. The molecule has 0 radical (unpaired) electrons. The lowest BCUT2D eigenvalue weighted by atomic mass is 10.1. The summed E-state index contributed by atoms with van der Waals surface area (Å²) in [4.78, 5) is 16.6. The summed E-state index contributed by atoms with van der Waals surface area (Å²) < 4.78 is 22.8. The molecule has 2 saturated heterocycles. The highest BCUT2D eigenvalue weighted by atomic mass is 32.2. The Bertz CT molecular complexity index is 470. The first-order valence-corrected chi connectivity index (χ1v) is 10.1. The Kier molecular flexibility index (Phi) is 6.23. The van der Waals surface area contributed by atoms with E-state index < -0.39 is 9.84 Å². The summed E-state index contributed by atoms with van der Waals surface area (Å²) in [6.07, 6.45) is 1.77. The molecule has 2 aliphatic heterocycles. The van der Waals surface area contributed by atoms with Gasteiger partial charge in [-0.2, -0.15) is 0 Å². The van der Waals surface area contributed by atoms with Gasteiger partial charge in [0.05, 0.1) is 18.1 Å². The summed E-state index contributed by atoms with van der Waals surface area (Å²) in [5.74, 6) is 0.984. The largest absolute Gasteiger partial charge is 0.351 e. The summed E-state index contributed by atoms with van der Waals surface area (Å²) in [6.45, 7) is 9.85. The van der Waals surface area contributed by atoms with E-state index in [-0.39, 0.29) is 23.5 Å². The topological polar surface area (TPSA) is 69.7 Å². The zero-order valence-electron chi connectivity index (χ0n) is 13.8. The Labute approximate surface area is 134 Å². The molecule has 0 bridgehead atoms. The molecule has 128 valence electrons. The van der Waals surface area contributed by atoms with Gasteiger partial charge in [-0.1, -0.05) is 13.8 Å². The van der Waals surface area contributed by atoms with Gasteiger partial charge in [-0.15, -0.1) is 0 Å². The first-order chi connectivity index (χ1) is 10.3. The molecule has 0 unspecified atom stereocenters. The van der Waals surface area contributed by atoms with E-state index in [0.717, 1.165) is 38.6 Å². The molecule has 2 aliphatic rings. The number of carbonyl (C=O) groups is 1. The third-order valence-electron chi connectivity index (χ3n) is 4.45. The predicted molar refractivity (Wildman–Crippen MR) is 87.5 cm³/mol. The van der Waals surface area contributed by atoms with Crippen LogP contribution in [-0.2, 0) is 14.6 Å². The van der Waals surface area contributed by atoms with Gasteiger partial charge in [0.1, 0.15) is 0 Å². The van der Waals surface area contributed by atoms with E-state index in [2.05, 4.69) is 29.0 Å². The molecule has 1 amide bonds. The van der Waals surface area contributed by atoms with E-state index in [0.29, 0.717) is 13.0 Å². The SMILES string of the molecule is CC(C)CCN1CCN(CC(=O)N[C@@H]2CCS(=O)(=O)C2)CC1. The normalized spacial score (nSPS) is 26.4. The molecule has 0 aromatic heterocycles. The van der Waals surface area contributed by atoms with Gasteiger partial charge in [-0.05, 0) is 25.3 Å². The van der Waals surface area contributed by atoms with Gasteiger partial charge in [0.25, 0.3) is 0 Å². The monoisotopic (exact) mass is 331 g/mol. The predicted octanol–water partition coefficient (Wildman–Crippen LogP) is -0.0466. The Morgan fingerprint density at radius 2 is 1.82 bits per heavy atom. The smallest absolute Gasteiger partial charge is 0.234 e. The van der Waals surface area contributed by atoms with E-state index in [1.165, 1.54) is 6.42 Å². The molecule has 0 aliphatic carbocycles. The second kappa shape index (κ2) is 7.75. The maximum atomic E-state index is 12.0. The highest BCUT2D eigenvalue weighted by molar-refractivity contribution is 7.91. The first kappa shape index (κ1) is 17.7. The molecule has 2 heterocycles. The van der Waals surface area contributed by atoms with Crippen LogP contribution in [0.4, 0.5) is 0 Å². The minimum absolute atomic E-state index is 0.0438. The van der Waals surface area contributed by atoms with Crippen molar-refractivity contribution in [3.8, 4) is 0 Å². The fourth-order valence-corrected chi connectivity index (χ4v) is 4.67. The van der Waals surface area contributed by atoms with Crippen molar-refractivity contribution in [2.45, 2.75) is 32.7 Å². The molecule has 0 saturated carbocycles. The van der Waals surface area contributed by atoms with Gasteiger partial charge in [-0.3, -0.25) is 9.69 Å². The van der Waals surface area contributed by atoms with Gasteiger partial charge in [0, 0.05) is 32.2 Å². The first-order valence-electron chi connectivity index (χ1n) is 8.28. The van der Waals surface area contributed by atoms with Gasteiger partial charge in [0.15, 0.2) is 9.84 Å². The third kappa shape index (κ3) is 5.85. The summed E-state index contributed by atoms with van der Waals surface area (Å²) >= 11 is 0. The van der Waals surface area contributed by atoms with E-state index in [1.54, 1.807) is 0 Å². The van der Waals surface area contributed by atoms with Crippen LogP contribution >= 0.6 is 0 Å². The van der Waals surface area contributed by atoms with Crippen molar-refractivity contribution in [3.05, 3.63) is 0 Å².